The van der Waals surface area contributed by atoms with Crippen molar-refractivity contribution in [1.29, 1.82) is 0 Å². The Bertz CT molecular complexity index is 1080. The van der Waals surface area contributed by atoms with Crippen LogP contribution in [0.25, 0.3) is 0 Å². The highest BCUT2D eigenvalue weighted by Crippen LogP contribution is 2.36. The average Bonchev–Trinajstić information content (AvgIpc) is 2.70. The van der Waals surface area contributed by atoms with Crippen LogP contribution in [-0.4, -0.2) is 34.5 Å². The van der Waals surface area contributed by atoms with E-state index in [1.807, 2.05) is 22.8 Å². The van der Waals surface area contributed by atoms with Crippen molar-refractivity contribution in [3.8, 4) is 5.75 Å². The van der Waals surface area contributed by atoms with Gasteiger partial charge in [-0.25, -0.2) is 4.79 Å². The molecular formula is C24H31N3O4. The zero-order chi connectivity index (χ0) is 22.9. The third kappa shape index (κ3) is 4.50. The molecule has 1 aromatic carbocycles. The quantitative estimate of drug-likeness (QED) is 0.681. The first-order valence-electron chi connectivity index (χ1n) is 10.6. The molecule has 0 radical (unpaired) electrons. The molecule has 1 unspecified atom stereocenters. The second-order valence-corrected chi connectivity index (χ2v) is 9.26. The lowest BCUT2D eigenvalue weighted by Gasteiger charge is -2.37. The lowest BCUT2D eigenvalue weighted by Crippen LogP contribution is -2.36. The highest BCUT2D eigenvalue weighted by molar-refractivity contribution is 6.15. The number of carboxylic acid groups (broad SMARTS) is 1. The number of fused-ring (bicyclic) bond motifs is 1. The van der Waals surface area contributed by atoms with E-state index in [9.17, 15) is 14.7 Å². The lowest BCUT2D eigenvalue weighted by atomic mass is 9.84. The Kier molecular flexibility index (Phi) is 6.25. The molecule has 0 bridgehead atoms. The maximum absolute atomic E-state index is 12.5. The normalized spacial score (nSPS) is 16.9. The molecule has 2 aromatic rings. The fourth-order valence-electron chi connectivity index (χ4n) is 3.65. The third-order valence-corrected chi connectivity index (χ3v) is 5.85. The molecule has 1 aromatic heterocycles. The first kappa shape index (κ1) is 22.6. The fraction of sp³-hybridized carbons (Fsp3) is 0.458. The van der Waals surface area contributed by atoms with E-state index in [1.165, 1.54) is 12.3 Å². The van der Waals surface area contributed by atoms with Crippen molar-refractivity contribution >= 4 is 17.4 Å². The Balaban J connectivity index is 2.13. The minimum Gasteiger partial charge on any atom is -0.491 e. The van der Waals surface area contributed by atoms with Gasteiger partial charge in [0.1, 0.15) is 11.3 Å². The van der Waals surface area contributed by atoms with Crippen LogP contribution in [0.15, 0.2) is 40.2 Å². The second kappa shape index (κ2) is 8.57. The van der Waals surface area contributed by atoms with Crippen molar-refractivity contribution in [1.82, 2.24) is 4.57 Å². The van der Waals surface area contributed by atoms with Crippen LogP contribution >= 0.6 is 0 Å². The van der Waals surface area contributed by atoms with Gasteiger partial charge in [0.15, 0.2) is 5.43 Å². The molecule has 7 heteroatoms. The van der Waals surface area contributed by atoms with Crippen LogP contribution < -0.4 is 15.9 Å². The highest BCUT2D eigenvalue weighted by atomic mass is 16.5. The number of nitrogen functional groups attached to an aromatic ring is 1. The molecule has 0 saturated heterocycles. The number of rotatable bonds is 6. The van der Waals surface area contributed by atoms with Gasteiger partial charge < -0.3 is 20.1 Å². The van der Waals surface area contributed by atoms with Crippen molar-refractivity contribution in [2.45, 2.75) is 47.1 Å². The van der Waals surface area contributed by atoms with Gasteiger partial charge in [0, 0.05) is 17.8 Å². The molecule has 0 fully saturated rings. The highest BCUT2D eigenvalue weighted by Gasteiger charge is 2.33. The predicted octanol–water partition coefficient (Wildman–Crippen LogP) is 3.99. The molecule has 1 aliphatic heterocycles. The van der Waals surface area contributed by atoms with Crippen LogP contribution in [0.4, 0.5) is 5.69 Å². The molecule has 31 heavy (non-hydrogen) atoms. The van der Waals surface area contributed by atoms with Crippen molar-refractivity contribution in [3.05, 3.63) is 57.5 Å². The number of nitrogens with zero attached hydrogens (tertiary/aromatic N) is 2. The maximum atomic E-state index is 12.5. The minimum absolute atomic E-state index is 0.101. The van der Waals surface area contributed by atoms with Crippen molar-refractivity contribution < 1.29 is 14.6 Å². The van der Waals surface area contributed by atoms with Crippen LogP contribution in [0.2, 0.25) is 0 Å². The number of aromatic carboxylic acids is 1. The Labute approximate surface area is 182 Å². The molecule has 0 saturated carbocycles. The summed E-state index contributed by atoms with van der Waals surface area (Å²) in [5.41, 5.74) is 7.71. The zero-order valence-electron chi connectivity index (χ0n) is 18.8. The van der Waals surface area contributed by atoms with Crippen LogP contribution in [0.1, 0.15) is 68.7 Å². The largest absolute Gasteiger partial charge is 0.491 e. The molecule has 0 aliphatic carbocycles. The summed E-state index contributed by atoms with van der Waals surface area (Å²) >= 11 is 0. The molecule has 2 heterocycles. The topological polar surface area (TPSA) is 107 Å². The number of hydrogen-bond donors (Lipinski definition) is 2. The number of anilines is 1. The molecule has 2 atom stereocenters. The van der Waals surface area contributed by atoms with Crippen LogP contribution in [0.5, 0.6) is 5.75 Å². The van der Waals surface area contributed by atoms with Gasteiger partial charge in [0.2, 0.25) is 0 Å². The van der Waals surface area contributed by atoms with Crippen LogP contribution in [-0.2, 0) is 0 Å². The fourth-order valence-corrected chi connectivity index (χ4v) is 3.65. The summed E-state index contributed by atoms with van der Waals surface area (Å²) in [5.74, 6) is -0.261. The summed E-state index contributed by atoms with van der Waals surface area (Å²) in [6.07, 6.45) is 2.44. The van der Waals surface area contributed by atoms with Gasteiger partial charge in [-0.15, -0.1) is 0 Å². The number of hydrogen-bond acceptors (Lipinski definition) is 5. The SMILES string of the molecule is CC[C@H](C)COc1cccc(C2=NCC(C(C)(C)C)n3cc(C(=O)O)c(=O)cc32)c1N. The third-order valence-electron chi connectivity index (χ3n) is 5.85. The first-order valence-corrected chi connectivity index (χ1v) is 10.6. The van der Waals surface area contributed by atoms with E-state index in [0.717, 1.165) is 6.42 Å². The summed E-state index contributed by atoms with van der Waals surface area (Å²) < 4.78 is 7.79. The predicted molar refractivity (Wildman–Crippen MR) is 122 cm³/mol. The summed E-state index contributed by atoms with van der Waals surface area (Å²) in [5, 5.41) is 9.46. The molecule has 0 spiro atoms. The van der Waals surface area contributed by atoms with Crippen molar-refractivity contribution in [2.75, 3.05) is 18.9 Å². The van der Waals surface area contributed by atoms with Gasteiger partial charge in [0.05, 0.1) is 36.3 Å². The van der Waals surface area contributed by atoms with E-state index in [1.54, 1.807) is 0 Å². The van der Waals surface area contributed by atoms with E-state index in [-0.39, 0.29) is 17.0 Å². The molecule has 3 N–H and O–H groups in total. The number of carboxylic acids is 1. The van der Waals surface area contributed by atoms with Gasteiger partial charge in [-0.05, 0) is 17.4 Å². The summed E-state index contributed by atoms with van der Waals surface area (Å²) in [6.45, 7) is 11.4. The first-order chi connectivity index (χ1) is 14.5. The van der Waals surface area contributed by atoms with Gasteiger partial charge in [-0.3, -0.25) is 9.79 Å². The van der Waals surface area contributed by atoms with Gasteiger partial charge in [0.25, 0.3) is 0 Å². The molecule has 0 amide bonds. The maximum Gasteiger partial charge on any atom is 0.341 e. The summed E-state index contributed by atoms with van der Waals surface area (Å²) in [6, 6.07) is 6.78. The number of nitrogens with two attached hydrogens (primary N) is 1. The number of aromatic nitrogens is 1. The van der Waals surface area contributed by atoms with Crippen LogP contribution in [0, 0.1) is 11.3 Å². The second-order valence-electron chi connectivity index (χ2n) is 9.26. The Morgan fingerprint density at radius 1 is 1.39 bits per heavy atom. The minimum atomic E-state index is -1.24. The smallest absolute Gasteiger partial charge is 0.341 e. The Morgan fingerprint density at radius 2 is 2.10 bits per heavy atom. The average molecular weight is 426 g/mol. The molecular weight excluding hydrogens is 394 g/mol. The Hall–Kier alpha value is -3.09. The van der Waals surface area contributed by atoms with Gasteiger partial charge in [-0.1, -0.05) is 53.2 Å². The van der Waals surface area contributed by atoms with E-state index >= 15 is 0 Å². The number of benzene rings is 1. The van der Waals surface area contributed by atoms with E-state index in [4.69, 9.17) is 15.5 Å². The van der Waals surface area contributed by atoms with E-state index in [0.29, 0.717) is 47.5 Å². The zero-order valence-corrected chi connectivity index (χ0v) is 18.8. The van der Waals surface area contributed by atoms with Gasteiger partial charge in [-0.2, -0.15) is 0 Å². The Morgan fingerprint density at radius 3 is 2.71 bits per heavy atom. The number of ether oxygens (including phenoxy) is 1. The lowest BCUT2D eigenvalue weighted by molar-refractivity contribution is 0.0693. The molecule has 3 rings (SSSR count). The number of para-hydroxylation sites is 1. The van der Waals surface area contributed by atoms with Crippen LogP contribution in [0.3, 0.4) is 0 Å². The van der Waals surface area contributed by atoms with E-state index < -0.39 is 11.4 Å². The van der Waals surface area contributed by atoms with Gasteiger partial charge >= 0.3 is 5.97 Å². The van der Waals surface area contributed by atoms with Crippen molar-refractivity contribution in [2.24, 2.45) is 16.3 Å². The monoisotopic (exact) mass is 425 g/mol. The van der Waals surface area contributed by atoms with E-state index in [2.05, 4.69) is 34.6 Å². The standard InChI is InChI=1S/C24H31N3O4/c1-6-14(2)13-31-19-9-7-8-15(21(19)25)22-17-10-18(28)16(23(29)30)12-27(17)20(11-26-22)24(3,4)5/h7-10,12,14,20H,6,11,13,25H2,1-5H3,(H,29,30)/t14-,20?/m0/s1. The number of aliphatic imine (C=N–C) groups is 1. The molecule has 7 nitrogen and oxygen atoms in total. The number of pyridine rings is 1. The summed E-state index contributed by atoms with van der Waals surface area (Å²) in [7, 11) is 0. The summed E-state index contributed by atoms with van der Waals surface area (Å²) in [4.78, 5) is 28.9. The van der Waals surface area contributed by atoms with Crippen molar-refractivity contribution in [3.63, 3.8) is 0 Å². The molecule has 166 valence electrons. The molecule has 1 aliphatic rings. The number of carbonyl (C=O) groups is 1.